The standard InChI is InChI=1S/C23H27N3O3S2/c1-16-13-17(2)22(18(3)14-16)31(27,28)26-11-9-25(10-12-26)23-24-21(15-30-23)19-5-7-20(29-4)8-6-19/h5-8,13-15H,9-12H2,1-4H3. The lowest BCUT2D eigenvalue weighted by atomic mass is 10.1. The van der Waals surface area contributed by atoms with Crippen molar-refractivity contribution in [3.8, 4) is 17.0 Å². The molecule has 4 rings (SSSR count). The Hall–Kier alpha value is -2.42. The van der Waals surface area contributed by atoms with Gasteiger partial charge >= 0.3 is 0 Å². The number of hydrogen-bond donors (Lipinski definition) is 0. The minimum Gasteiger partial charge on any atom is -0.497 e. The average molecular weight is 458 g/mol. The van der Waals surface area contributed by atoms with Gasteiger partial charge in [-0.15, -0.1) is 11.3 Å². The highest BCUT2D eigenvalue weighted by Crippen LogP contribution is 2.31. The second-order valence-electron chi connectivity index (χ2n) is 7.86. The van der Waals surface area contributed by atoms with Gasteiger partial charge in [0, 0.05) is 37.1 Å². The van der Waals surface area contributed by atoms with Crippen molar-refractivity contribution in [3.63, 3.8) is 0 Å². The molecule has 6 nitrogen and oxygen atoms in total. The highest BCUT2D eigenvalue weighted by molar-refractivity contribution is 7.89. The molecular weight excluding hydrogens is 430 g/mol. The van der Waals surface area contributed by atoms with Gasteiger partial charge in [-0.3, -0.25) is 0 Å². The summed E-state index contributed by atoms with van der Waals surface area (Å²) >= 11 is 1.59. The number of nitrogens with zero attached hydrogens (tertiary/aromatic N) is 3. The summed E-state index contributed by atoms with van der Waals surface area (Å²) in [5, 5.41) is 2.96. The monoisotopic (exact) mass is 457 g/mol. The van der Waals surface area contributed by atoms with Gasteiger partial charge in [-0.1, -0.05) is 17.7 Å². The predicted molar refractivity (Wildman–Crippen MR) is 126 cm³/mol. The van der Waals surface area contributed by atoms with Crippen molar-refractivity contribution in [2.24, 2.45) is 0 Å². The summed E-state index contributed by atoms with van der Waals surface area (Å²) in [5.41, 5.74) is 4.65. The van der Waals surface area contributed by atoms with E-state index in [4.69, 9.17) is 9.72 Å². The van der Waals surface area contributed by atoms with Crippen molar-refractivity contribution in [2.45, 2.75) is 25.7 Å². The molecule has 0 N–H and O–H groups in total. The van der Waals surface area contributed by atoms with Gasteiger partial charge in [0.05, 0.1) is 17.7 Å². The zero-order valence-corrected chi connectivity index (χ0v) is 19.9. The van der Waals surface area contributed by atoms with Gasteiger partial charge in [0.15, 0.2) is 5.13 Å². The number of hydrogen-bond acceptors (Lipinski definition) is 6. The van der Waals surface area contributed by atoms with Crippen molar-refractivity contribution >= 4 is 26.5 Å². The Kier molecular flexibility index (Phi) is 6.05. The lowest BCUT2D eigenvalue weighted by molar-refractivity contribution is 0.384. The van der Waals surface area contributed by atoms with Crippen LogP contribution in [-0.2, 0) is 10.0 Å². The smallest absolute Gasteiger partial charge is 0.243 e. The number of sulfonamides is 1. The van der Waals surface area contributed by atoms with Crippen LogP contribution in [0.25, 0.3) is 11.3 Å². The molecule has 164 valence electrons. The third-order valence-corrected chi connectivity index (χ3v) is 8.70. The van der Waals surface area contributed by atoms with Crippen molar-refractivity contribution in [3.05, 3.63) is 58.5 Å². The quantitative estimate of drug-likeness (QED) is 0.573. The molecule has 0 bridgehead atoms. The van der Waals surface area contributed by atoms with E-state index in [0.29, 0.717) is 31.1 Å². The molecule has 0 radical (unpaired) electrons. The van der Waals surface area contributed by atoms with E-state index in [2.05, 4.69) is 4.90 Å². The zero-order chi connectivity index (χ0) is 22.2. The number of aryl methyl sites for hydroxylation is 3. The number of thiazole rings is 1. The topological polar surface area (TPSA) is 62.7 Å². The van der Waals surface area contributed by atoms with Gasteiger partial charge in [0.1, 0.15) is 5.75 Å². The van der Waals surface area contributed by atoms with Crippen LogP contribution >= 0.6 is 11.3 Å². The second-order valence-corrected chi connectivity index (χ2v) is 10.6. The van der Waals surface area contributed by atoms with Gasteiger partial charge in [-0.05, 0) is 56.2 Å². The molecule has 1 aliphatic heterocycles. The van der Waals surface area contributed by atoms with Gasteiger partial charge < -0.3 is 9.64 Å². The van der Waals surface area contributed by atoms with Gasteiger partial charge in [0.25, 0.3) is 0 Å². The van der Waals surface area contributed by atoms with E-state index < -0.39 is 10.0 Å². The number of anilines is 1. The normalized spacial score (nSPS) is 15.3. The van der Waals surface area contributed by atoms with Gasteiger partial charge in [-0.25, -0.2) is 13.4 Å². The molecule has 3 aromatic rings. The summed E-state index contributed by atoms with van der Waals surface area (Å²) in [5.74, 6) is 0.815. The van der Waals surface area contributed by atoms with E-state index in [1.54, 1.807) is 22.8 Å². The van der Waals surface area contributed by atoms with Crippen LogP contribution in [0.1, 0.15) is 16.7 Å². The fourth-order valence-electron chi connectivity index (χ4n) is 4.13. The molecule has 1 aromatic heterocycles. The van der Waals surface area contributed by atoms with E-state index in [0.717, 1.165) is 38.8 Å². The number of rotatable bonds is 5. The molecule has 0 saturated carbocycles. The molecule has 2 heterocycles. The minimum absolute atomic E-state index is 0.447. The summed E-state index contributed by atoms with van der Waals surface area (Å²) in [6, 6.07) is 11.7. The summed E-state index contributed by atoms with van der Waals surface area (Å²) < 4.78 is 33.4. The Morgan fingerprint density at radius 2 is 1.58 bits per heavy atom. The fraction of sp³-hybridized carbons (Fsp3) is 0.348. The van der Waals surface area contributed by atoms with Crippen LogP contribution < -0.4 is 9.64 Å². The molecule has 8 heteroatoms. The number of aromatic nitrogens is 1. The molecule has 31 heavy (non-hydrogen) atoms. The molecule has 0 spiro atoms. The van der Waals surface area contributed by atoms with Crippen LogP contribution in [-0.4, -0.2) is 51.0 Å². The van der Waals surface area contributed by atoms with Crippen LogP contribution in [0, 0.1) is 20.8 Å². The van der Waals surface area contributed by atoms with Gasteiger partial charge in [0.2, 0.25) is 10.0 Å². The molecule has 1 fully saturated rings. The molecule has 0 atom stereocenters. The van der Waals surface area contributed by atoms with Crippen LogP contribution in [0.15, 0.2) is 46.7 Å². The summed E-state index contributed by atoms with van der Waals surface area (Å²) in [6.45, 7) is 7.89. The Labute approximate surface area is 188 Å². The van der Waals surface area contributed by atoms with Gasteiger partial charge in [-0.2, -0.15) is 4.31 Å². The maximum atomic E-state index is 13.3. The van der Waals surface area contributed by atoms with Crippen molar-refractivity contribution in [1.29, 1.82) is 0 Å². The van der Waals surface area contributed by atoms with Crippen molar-refractivity contribution < 1.29 is 13.2 Å². The van der Waals surface area contributed by atoms with Crippen LogP contribution in [0.3, 0.4) is 0 Å². The Morgan fingerprint density at radius 3 is 2.16 bits per heavy atom. The maximum absolute atomic E-state index is 13.3. The number of piperazine rings is 1. The van der Waals surface area contributed by atoms with Crippen molar-refractivity contribution in [2.75, 3.05) is 38.2 Å². The molecule has 0 aliphatic carbocycles. The second kappa shape index (κ2) is 8.61. The molecule has 1 aliphatic rings. The lowest BCUT2D eigenvalue weighted by Gasteiger charge is -2.34. The molecule has 2 aromatic carbocycles. The lowest BCUT2D eigenvalue weighted by Crippen LogP contribution is -2.48. The number of methoxy groups -OCH3 is 1. The van der Waals surface area contributed by atoms with Crippen molar-refractivity contribution in [1.82, 2.24) is 9.29 Å². The van der Waals surface area contributed by atoms with E-state index in [9.17, 15) is 8.42 Å². The zero-order valence-electron chi connectivity index (χ0n) is 18.3. The first kappa shape index (κ1) is 21.8. The molecule has 0 amide bonds. The minimum atomic E-state index is -3.51. The van der Waals surface area contributed by atoms with Crippen LogP contribution in [0.4, 0.5) is 5.13 Å². The Bertz CT molecular complexity index is 1160. The van der Waals surface area contributed by atoms with E-state index in [-0.39, 0.29) is 0 Å². The summed E-state index contributed by atoms with van der Waals surface area (Å²) in [7, 11) is -1.86. The first-order valence-electron chi connectivity index (χ1n) is 10.2. The van der Waals surface area contributed by atoms with E-state index in [1.807, 2.05) is 62.5 Å². The molecule has 0 unspecified atom stereocenters. The molecular formula is C23H27N3O3S2. The van der Waals surface area contributed by atoms with Crippen LogP contribution in [0.5, 0.6) is 5.75 Å². The average Bonchev–Trinajstić information content (AvgIpc) is 3.23. The molecule has 1 saturated heterocycles. The van der Waals surface area contributed by atoms with E-state index in [1.165, 1.54) is 0 Å². The summed E-state index contributed by atoms with van der Waals surface area (Å²) in [4.78, 5) is 7.39. The third kappa shape index (κ3) is 4.33. The number of benzene rings is 2. The SMILES string of the molecule is COc1ccc(-c2csc(N3CCN(S(=O)(=O)c4c(C)cc(C)cc4C)CC3)n2)cc1. The number of ether oxygens (including phenoxy) is 1. The van der Waals surface area contributed by atoms with Crippen LogP contribution in [0.2, 0.25) is 0 Å². The predicted octanol–water partition coefficient (Wildman–Crippen LogP) is 4.25. The fourth-order valence-corrected chi connectivity index (χ4v) is 6.85. The Balaban J connectivity index is 1.47. The highest BCUT2D eigenvalue weighted by Gasteiger charge is 2.31. The summed E-state index contributed by atoms with van der Waals surface area (Å²) in [6.07, 6.45) is 0. The Morgan fingerprint density at radius 1 is 0.968 bits per heavy atom. The first-order valence-corrected chi connectivity index (χ1v) is 12.5. The maximum Gasteiger partial charge on any atom is 0.243 e. The first-order chi connectivity index (χ1) is 14.8. The van der Waals surface area contributed by atoms with E-state index >= 15 is 0 Å². The highest BCUT2D eigenvalue weighted by atomic mass is 32.2. The third-order valence-electron chi connectivity index (χ3n) is 5.59. The largest absolute Gasteiger partial charge is 0.497 e.